The zero-order chi connectivity index (χ0) is 42.8. The van der Waals surface area contributed by atoms with Crippen LogP contribution in [0.4, 0.5) is 0 Å². The molecule has 0 spiro atoms. The molecule has 14 heteroatoms. The van der Waals surface area contributed by atoms with Gasteiger partial charge in [0.2, 0.25) is 29.5 Å². The number of amides is 5. The number of aromatic hydroxyl groups is 2. The smallest absolute Gasteiger partial charge is 0.329 e. The Bertz CT molecular complexity index is 1740. The summed E-state index contributed by atoms with van der Waals surface area (Å²) in [5.74, 6) is -4.15. The molecular formula is C44H61N5O9. The number of nitrogens with zero attached hydrogens (tertiary/aromatic N) is 1. The number of esters is 1. The van der Waals surface area contributed by atoms with Gasteiger partial charge in [-0.15, -0.1) is 0 Å². The number of rotatable bonds is 18. The van der Waals surface area contributed by atoms with Gasteiger partial charge in [-0.2, -0.15) is 0 Å². The van der Waals surface area contributed by atoms with Crippen molar-refractivity contribution in [2.45, 2.75) is 116 Å². The number of hydrogen-bond acceptors (Lipinski definition) is 9. The van der Waals surface area contributed by atoms with Crippen LogP contribution < -0.4 is 21.3 Å². The fourth-order valence-corrected chi connectivity index (χ4v) is 6.33. The molecule has 58 heavy (non-hydrogen) atoms. The minimum atomic E-state index is -1.11. The first-order valence-electron chi connectivity index (χ1n) is 20.1. The fraction of sp³-hybridized carbons (Fsp3) is 0.500. The molecule has 2 aromatic rings. The van der Waals surface area contributed by atoms with E-state index in [9.17, 15) is 39.0 Å². The molecule has 0 saturated carbocycles. The predicted octanol–water partition coefficient (Wildman–Crippen LogP) is 3.99. The lowest BCUT2D eigenvalue weighted by atomic mass is 9.99. The molecule has 1 aliphatic heterocycles. The van der Waals surface area contributed by atoms with Crippen molar-refractivity contribution in [1.82, 2.24) is 26.2 Å². The van der Waals surface area contributed by atoms with Gasteiger partial charge in [-0.3, -0.25) is 24.0 Å². The molecule has 0 aromatic heterocycles. The van der Waals surface area contributed by atoms with Crippen LogP contribution in [0.3, 0.4) is 0 Å². The third-order valence-corrected chi connectivity index (χ3v) is 9.86. The SMILES string of the molecule is CCCCCC/C=C\CC(=O)N[C@@H](Cc1ccc(O)cc1)C(=O)N[C@H](C(=O)N[C@@H]1C=CC(=O)N[C@@H](C(C)C)C(=O)N(C)[C@@H](Cc2ccc(O)cc2)C(=O)OC1)C(C)C. The van der Waals surface area contributed by atoms with Gasteiger partial charge in [0.05, 0.1) is 6.04 Å². The van der Waals surface area contributed by atoms with Crippen LogP contribution in [0.1, 0.15) is 84.3 Å². The highest BCUT2D eigenvalue weighted by Crippen LogP contribution is 2.18. The zero-order valence-corrected chi connectivity index (χ0v) is 34.5. The van der Waals surface area contributed by atoms with Crippen molar-refractivity contribution in [1.29, 1.82) is 0 Å². The van der Waals surface area contributed by atoms with Gasteiger partial charge in [0.25, 0.3) is 0 Å². The van der Waals surface area contributed by atoms with Gasteiger partial charge in [0.1, 0.15) is 42.3 Å². The highest BCUT2D eigenvalue weighted by molar-refractivity contribution is 5.95. The third kappa shape index (κ3) is 15.4. The molecule has 0 bridgehead atoms. The maximum atomic E-state index is 13.9. The topological polar surface area (TPSA) is 203 Å². The van der Waals surface area contributed by atoms with Crippen LogP contribution in [-0.4, -0.2) is 94.5 Å². The standard InChI is InChI=1S/C44H61N5O9/c1-7-8-9-10-11-12-13-14-37(52)46-35(25-30-15-20-33(50)21-16-30)41(54)48-39(28(2)3)42(55)45-32-19-24-38(53)47-40(29(4)5)43(56)49(6)36(44(57)58-27-32)26-31-17-22-34(51)23-18-31/h12-13,15-24,28-29,32,35-36,39-40,50-51H,7-11,14,25-27H2,1-6H3,(H,45,55)(H,46,52)(H,47,53)(H,48,54)/b13-12-,24-19?/t32-,35+,36+,39+,40+/m1/s1. The Kier molecular flexibility index (Phi) is 19.0. The molecule has 2 aromatic carbocycles. The molecule has 5 atom stereocenters. The average molecular weight is 804 g/mol. The second-order valence-corrected chi connectivity index (χ2v) is 15.4. The van der Waals surface area contributed by atoms with Gasteiger partial charge in [-0.05, 0) is 60.1 Å². The van der Waals surface area contributed by atoms with Crippen molar-refractivity contribution in [3.63, 3.8) is 0 Å². The molecule has 6 N–H and O–H groups in total. The first kappa shape index (κ1) is 46.7. The Morgan fingerprint density at radius 3 is 2.12 bits per heavy atom. The van der Waals surface area contributed by atoms with Crippen LogP contribution >= 0.6 is 0 Å². The van der Waals surface area contributed by atoms with Gasteiger partial charge in [0, 0.05) is 32.4 Å². The molecular weight excluding hydrogens is 743 g/mol. The molecule has 0 saturated heterocycles. The molecule has 316 valence electrons. The van der Waals surface area contributed by atoms with Crippen LogP contribution in [0, 0.1) is 11.8 Å². The van der Waals surface area contributed by atoms with E-state index >= 15 is 0 Å². The lowest BCUT2D eigenvalue weighted by Crippen LogP contribution is -2.57. The number of likely N-dealkylation sites (N-methyl/N-ethyl adjacent to an activating group) is 1. The average Bonchev–Trinajstić information content (AvgIpc) is 3.18. The van der Waals surface area contributed by atoms with Crippen molar-refractivity contribution in [3.05, 3.63) is 84.0 Å². The number of carbonyl (C=O) groups excluding carboxylic acids is 6. The number of benzene rings is 2. The van der Waals surface area contributed by atoms with Crippen molar-refractivity contribution in [3.8, 4) is 11.5 Å². The van der Waals surface area contributed by atoms with E-state index in [0.29, 0.717) is 11.1 Å². The zero-order valence-electron chi connectivity index (χ0n) is 34.5. The lowest BCUT2D eigenvalue weighted by Gasteiger charge is -2.32. The van der Waals surface area contributed by atoms with E-state index in [-0.39, 0.29) is 42.6 Å². The first-order valence-corrected chi connectivity index (χ1v) is 20.1. The third-order valence-electron chi connectivity index (χ3n) is 9.86. The Hall–Kier alpha value is -5.66. The van der Waals surface area contributed by atoms with Gasteiger partial charge >= 0.3 is 5.97 Å². The molecule has 1 aliphatic rings. The quantitative estimate of drug-likeness (QED) is 0.0732. The summed E-state index contributed by atoms with van der Waals surface area (Å²) in [5, 5.41) is 30.6. The number of unbranched alkanes of at least 4 members (excludes halogenated alkanes) is 4. The van der Waals surface area contributed by atoms with E-state index in [1.807, 2.05) is 6.08 Å². The van der Waals surface area contributed by atoms with E-state index < -0.39 is 72.3 Å². The lowest BCUT2D eigenvalue weighted by molar-refractivity contribution is -0.156. The summed E-state index contributed by atoms with van der Waals surface area (Å²) < 4.78 is 5.69. The Labute approximate surface area is 341 Å². The molecule has 0 fully saturated rings. The minimum absolute atomic E-state index is 0.0344. The molecule has 5 amide bonds. The number of hydrogen-bond donors (Lipinski definition) is 6. The maximum absolute atomic E-state index is 13.9. The number of nitrogens with one attached hydrogen (secondary N) is 4. The van der Waals surface area contributed by atoms with E-state index in [1.54, 1.807) is 58.0 Å². The minimum Gasteiger partial charge on any atom is -0.508 e. The number of allylic oxidation sites excluding steroid dienone is 1. The van der Waals surface area contributed by atoms with E-state index in [1.165, 1.54) is 42.3 Å². The molecule has 0 aliphatic carbocycles. The maximum Gasteiger partial charge on any atom is 0.329 e. The monoisotopic (exact) mass is 803 g/mol. The Balaban J connectivity index is 1.82. The molecule has 3 rings (SSSR count). The molecule has 0 radical (unpaired) electrons. The van der Waals surface area contributed by atoms with Crippen LogP contribution in [0.2, 0.25) is 0 Å². The van der Waals surface area contributed by atoms with Crippen molar-refractivity contribution in [2.75, 3.05) is 13.7 Å². The molecule has 14 nitrogen and oxygen atoms in total. The highest BCUT2D eigenvalue weighted by Gasteiger charge is 2.36. The van der Waals surface area contributed by atoms with Crippen LogP contribution in [-0.2, 0) is 46.3 Å². The number of phenols is 2. The normalized spacial score (nSPS) is 18.9. The second kappa shape index (κ2) is 23.5. The van der Waals surface area contributed by atoms with Crippen molar-refractivity contribution >= 4 is 35.5 Å². The summed E-state index contributed by atoms with van der Waals surface area (Å²) in [5.41, 5.74) is 1.32. The summed E-state index contributed by atoms with van der Waals surface area (Å²) >= 11 is 0. The Morgan fingerprint density at radius 1 is 0.879 bits per heavy atom. The predicted molar refractivity (Wildman–Crippen MR) is 220 cm³/mol. The van der Waals surface area contributed by atoms with E-state index in [4.69, 9.17) is 4.74 Å². The van der Waals surface area contributed by atoms with E-state index in [0.717, 1.165) is 38.2 Å². The summed E-state index contributed by atoms with van der Waals surface area (Å²) in [6, 6.07) is 7.15. The summed E-state index contributed by atoms with van der Waals surface area (Å²) in [6.45, 7) is 8.74. The number of ether oxygens (including phenoxy) is 1. The molecule has 0 unspecified atom stereocenters. The molecule has 1 heterocycles. The van der Waals surface area contributed by atoms with Crippen LogP contribution in [0.5, 0.6) is 11.5 Å². The highest BCUT2D eigenvalue weighted by atomic mass is 16.5. The fourth-order valence-electron chi connectivity index (χ4n) is 6.33. The van der Waals surface area contributed by atoms with Gasteiger partial charge in [-0.1, -0.05) is 96.4 Å². The first-order chi connectivity index (χ1) is 27.6. The second-order valence-electron chi connectivity index (χ2n) is 15.4. The number of cyclic esters (lactones) is 1. The van der Waals surface area contributed by atoms with Crippen LogP contribution in [0.25, 0.3) is 0 Å². The summed E-state index contributed by atoms with van der Waals surface area (Å²) in [6.07, 6.45) is 11.7. The van der Waals surface area contributed by atoms with Crippen molar-refractivity contribution in [2.24, 2.45) is 11.8 Å². The Morgan fingerprint density at radius 2 is 1.52 bits per heavy atom. The van der Waals surface area contributed by atoms with Gasteiger partial charge in [0.15, 0.2) is 0 Å². The van der Waals surface area contributed by atoms with E-state index in [2.05, 4.69) is 28.2 Å². The number of phenolic OH excluding ortho intramolecular Hbond substituents is 2. The largest absolute Gasteiger partial charge is 0.508 e. The van der Waals surface area contributed by atoms with Crippen molar-refractivity contribution < 1.29 is 43.7 Å². The van der Waals surface area contributed by atoms with Crippen LogP contribution in [0.15, 0.2) is 72.8 Å². The van der Waals surface area contributed by atoms with Gasteiger partial charge in [-0.25, -0.2) is 4.79 Å². The number of carbonyl (C=O) groups is 6. The summed E-state index contributed by atoms with van der Waals surface area (Å²) in [4.78, 5) is 82.4. The van der Waals surface area contributed by atoms with Gasteiger partial charge < -0.3 is 41.1 Å². The summed E-state index contributed by atoms with van der Waals surface area (Å²) in [7, 11) is 1.46.